The van der Waals surface area contributed by atoms with Crippen molar-refractivity contribution >= 4 is 11.9 Å². The van der Waals surface area contributed by atoms with Crippen LogP contribution in [0.2, 0.25) is 0 Å². The third kappa shape index (κ3) is 3.30. The van der Waals surface area contributed by atoms with E-state index in [4.69, 9.17) is 9.47 Å². The number of fused-ring (bicyclic) bond motifs is 3. The fourth-order valence-electron chi connectivity index (χ4n) is 5.21. The van der Waals surface area contributed by atoms with E-state index in [-0.39, 0.29) is 29.9 Å². The molecule has 1 unspecified atom stereocenters. The SMILES string of the molecule is C=C1C(=O)O[C@@H]2C3C(=C(C)CC[C@@H]12)CC[C@@]3(C)OC(=O)CCc1ccccc1. The summed E-state index contributed by atoms with van der Waals surface area (Å²) in [5, 5.41) is 0. The number of aryl methyl sites for hydroxylation is 1. The first kappa shape index (κ1) is 19.0. The third-order valence-corrected chi connectivity index (χ3v) is 6.79. The van der Waals surface area contributed by atoms with Crippen LogP contribution in [0.4, 0.5) is 0 Å². The molecule has 1 aromatic rings. The third-order valence-electron chi connectivity index (χ3n) is 6.79. The quantitative estimate of drug-likeness (QED) is 0.437. The van der Waals surface area contributed by atoms with Crippen LogP contribution < -0.4 is 0 Å². The smallest absolute Gasteiger partial charge is 0.334 e. The van der Waals surface area contributed by atoms with Crippen molar-refractivity contribution in [2.45, 2.75) is 64.1 Å². The van der Waals surface area contributed by atoms with Crippen molar-refractivity contribution in [3.05, 3.63) is 59.2 Å². The first-order valence-electron chi connectivity index (χ1n) is 10.2. The number of carbonyl (C=O) groups is 2. The summed E-state index contributed by atoms with van der Waals surface area (Å²) in [6.07, 6.45) is 4.24. The van der Waals surface area contributed by atoms with Crippen molar-refractivity contribution in [1.82, 2.24) is 0 Å². The minimum absolute atomic E-state index is 0.0189. The molecule has 3 aliphatic rings. The molecule has 0 aromatic heterocycles. The summed E-state index contributed by atoms with van der Waals surface area (Å²) >= 11 is 0. The molecule has 1 heterocycles. The predicted octanol–water partition coefficient (Wildman–Crippen LogP) is 4.54. The number of hydrogen-bond donors (Lipinski definition) is 0. The molecular formula is C24H28O4. The monoisotopic (exact) mass is 380 g/mol. The number of ether oxygens (including phenoxy) is 2. The molecule has 148 valence electrons. The first-order chi connectivity index (χ1) is 13.4. The molecule has 0 spiro atoms. The number of rotatable bonds is 4. The normalized spacial score (nSPS) is 31.9. The molecule has 0 N–H and O–H groups in total. The Hall–Kier alpha value is -2.36. The second kappa shape index (κ2) is 7.23. The zero-order valence-electron chi connectivity index (χ0n) is 16.7. The van der Waals surface area contributed by atoms with E-state index in [0.29, 0.717) is 18.4 Å². The van der Waals surface area contributed by atoms with E-state index in [0.717, 1.165) is 31.2 Å². The van der Waals surface area contributed by atoms with Gasteiger partial charge in [-0.05, 0) is 51.5 Å². The second-order valence-corrected chi connectivity index (χ2v) is 8.60. The summed E-state index contributed by atoms with van der Waals surface area (Å²) in [4.78, 5) is 24.8. The number of esters is 2. The van der Waals surface area contributed by atoms with Gasteiger partial charge in [-0.3, -0.25) is 4.79 Å². The van der Waals surface area contributed by atoms with Gasteiger partial charge in [-0.25, -0.2) is 4.79 Å². The Morgan fingerprint density at radius 3 is 2.79 bits per heavy atom. The van der Waals surface area contributed by atoms with Crippen LogP contribution in [0.15, 0.2) is 53.6 Å². The van der Waals surface area contributed by atoms with Crippen LogP contribution >= 0.6 is 0 Å². The highest BCUT2D eigenvalue weighted by Crippen LogP contribution is 2.53. The molecule has 2 aliphatic carbocycles. The Bertz CT molecular complexity index is 837. The van der Waals surface area contributed by atoms with E-state index >= 15 is 0 Å². The van der Waals surface area contributed by atoms with E-state index in [2.05, 4.69) is 13.5 Å². The Balaban J connectivity index is 1.53. The lowest BCUT2D eigenvalue weighted by molar-refractivity contribution is -0.167. The predicted molar refractivity (Wildman–Crippen MR) is 106 cm³/mol. The zero-order chi connectivity index (χ0) is 19.9. The van der Waals surface area contributed by atoms with Crippen molar-refractivity contribution in [3.63, 3.8) is 0 Å². The molecule has 1 aromatic carbocycles. The van der Waals surface area contributed by atoms with Crippen molar-refractivity contribution in [2.24, 2.45) is 11.8 Å². The molecule has 0 amide bonds. The highest BCUT2D eigenvalue weighted by Gasteiger charge is 2.56. The van der Waals surface area contributed by atoms with Crippen LogP contribution in [0.25, 0.3) is 0 Å². The van der Waals surface area contributed by atoms with Gasteiger partial charge in [0, 0.05) is 17.9 Å². The molecule has 4 rings (SSSR count). The minimum Gasteiger partial charge on any atom is -0.459 e. The molecular weight excluding hydrogens is 352 g/mol. The van der Waals surface area contributed by atoms with Gasteiger partial charge in [-0.2, -0.15) is 0 Å². The maximum atomic E-state index is 12.7. The first-order valence-corrected chi connectivity index (χ1v) is 10.2. The lowest BCUT2D eigenvalue weighted by Crippen LogP contribution is -2.44. The zero-order valence-corrected chi connectivity index (χ0v) is 16.7. The van der Waals surface area contributed by atoms with Crippen LogP contribution in [-0.4, -0.2) is 23.6 Å². The Morgan fingerprint density at radius 1 is 1.29 bits per heavy atom. The van der Waals surface area contributed by atoms with E-state index in [1.165, 1.54) is 11.1 Å². The molecule has 1 aliphatic heterocycles. The number of hydrogen-bond acceptors (Lipinski definition) is 4. The highest BCUT2D eigenvalue weighted by molar-refractivity contribution is 5.91. The summed E-state index contributed by atoms with van der Waals surface area (Å²) in [5.41, 5.74) is 3.73. The standard InChI is InChI=1S/C24H28O4/c1-15-9-11-19-16(2)23(26)27-22(19)21-18(15)13-14-24(21,3)28-20(25)12-10-17-7-5-4-6-8-17/h4-8,19,21-22H,2,9-14H2,1,3H3/t19-,21?,22-,24+/m0/s1. The van der Waals surface area contributed by atoms with Gasteiger partial charge in [0.05, 0.1) is 5.92 Å². The molecule has 0 radical (unpaired) electrons. The Kier molecular flexibility index (Phi) is 4.90. The Morgan fingerprint density at radius 2 is 2.04 bits per heavy atom. The summed E-state index contributed by atoms with van der Waals surface area (Å²) in [5.74, 6) is -0.526. The van der Waals surface area contributed by atoms with E-state index < -0.39 is 5.60 Å². The largest absolute Gasteiger partial charge is 0.459 e. The van der Waals surface area contributed by atoms with E-state index in [1.807, 2.05) is 37.3 Å². The van der Waals surface area contributed by atoms with Gasteiger partial charge in [-0.15, -0.1) is 0 Å². The van der Waals surface area contributed by atoms with Crippen LogP contribution in [0.1, 0.15) is 51.5 Å². The van der Waals surface area contributed by atoms with Gasteiger partial charge >= 0.3 is 11.9 Å². The average Bonchev–Trinajstić information content (AvgIpc) is 3.10. The van der Waals surface area contributed by atoms with E-state index in [1.54, 1.807) is 0 Å². The molecule has 4 nitrogen and oxygen atoms in total. The lowest BCUT2D eigenvalue weighted by Gasteiger charge is -2.36. The van der Waals surface area contributed by atoms with Crippen molar-refractivity contribution in [1.29, 1.82) is 0 Å². The van der Waals surface area contributed by atoms with Gasteiger partial charge in [-0.1, -0.05) is 48.1 Å². The summed E-state index contributed by atoms with van der Waals surface area (Å²) in [6, 6.07) is 9.97. The molecule has 4 atom stereocenters. The lowest BCUT2D eigenvalue weighted by atomic mass is 9.79. The van der Waals surface area contributed by atoms with Crippen molar-refractivity contribution < 1.29 is 19.1 Å². The summed E-state index contributed by atoms with van der Waals surface area (Å²) in [7, 11) is 0. The van der Waals surface area contributed by atoms with Crippen molar-refractivity contribution in [2.75, 3.05) is 0 Å². The molecule has 28 heavy (non-hydrogen) atoms. The fourth-order valence-corrected chi connectivity index (χ4v) is 5.21. The maximum absolute atomic E-state index is 12.7. The summed E-state index contributed by atoms with van der Waals surface area (Å²) < 4.78 is 11.8. The van der Waals surface area contributed by atoms with Crippen LogP contribution in [0.3, 0.4) is 0 Å². The number of carbonyl (C=O) groups excluding carboxylic acids is 2. The van der Waals surface area contributed by atoms with Gasteiger partial charge < -0.3 is 9.47 Å². The molecule has 1 saturated heterocycles. The number of allylic oxidation sites excluding steroid dienone is 1. The van der Waals surface area contributed by atoms with Crippen LogP contribution in [-0.2, 0) is 25.5 Å². The van der Waals surface area contributed by atoms with Gasteiger partial charge in [0.1, 0.15) is 11.7 Å². The summed E-state index contributed by atoms with van der Waals surface area (Å²) in [6.45, 7) is 8.14. The molecule has 1 saturated carbocycles. The molecule has 2 fully saturated rings. The molecule has 0 bridgehead atoms. The average molecular weight is 380 g/mol. The topological polar surface area (TPSA) is 52.6 Å². The van der Waals surface area contributed by atoms with Crippen molar-refractivity contribution in [3.8, 4) is 0 Å². The maximum Gasteiger partial charge on any atom is 0.334 e. The van der Waals surface area contributed by atoms with Gasteiger partial charge in [0.15, 0.2) is 0 Å². The van der Waals surface area contributed by atoms with E-state index in [9.17, 15) is 9.59 Å². The van der Waals surface area contributed by atoms with Gasteiger partial charge in [0.25, 0.3) is 0 Å². The second-order valence-electron chi connectivity index (χ2n) is 8.60. The van der Waals surface area contributed by atoms with Gasteiger partial charge in [0.2, 0.25) is 0 Å². The molecule has 4 heteroatoms. The Labute approximate surface area is 166 Å². The highest BCUT2D eigenvalue weighted by atomic mass is 16.6. The minimum atomic E-state index is -0.636. The van der Waals surface area contributed by atoms with Crippen LogP contribution in [0.5, 0.6) is 0 Å². The van der Waals surface area contributed by atoms with Crippen LogP contribution in [0, 0.1) is 11.8 Å². The number of benzene rings is 1. The fraction of sp³-hybridized carbons (Fsp3) is 0.500.